The number of halogens is 2. The lowest BCUT2D eigenvalue weighted by atomic mass is 10.1. The number of amides is 1. The predicted molar refractivity (Wildman–Crippen MR) is 189 cm³/mol. The second-order valence-corrected chi connectivity index (χ2v) is 26.2. The van der Waals surface area contributed by atoms with Crippen molar-refractivity contribution in [3.63, 3.8) is 0 Å². The van der Waals surface area contributed by atoms with Crippen molar-refractivity contribution in [1.29, 1.82) is 0 Å². The minimum atomic E-state index is -5.16. The number of anilines is 1. The number of aromatic nitrogens is 1. The van der Waals surface area contributed by atoms with E-state index in [1.807, 2.05) is 36.4 Å². The summed E-state index contributed by atoms with van der Waals surface area (Å²) >= 11 is 12.8. The molecule has 0 atom stereocenters. The summed E-state index contributed by atoms with van der Waals surface area (Å²) in [7, 11) is -8.54. The summed E-state index contributed by atoms with van der Waals surface area (Å²) in [5, 5.41) is 2.52. The van der Waals surface area contributed by atoms with Crippen molar-refractivity contribution in [2.24, 2.45) is 0 Å². The van der Waals surface area contributed by atoms with E-state index in [-0.39, 0.29) is 28.8 Å². The lowest BCUT2D eigenvalue weighted by Gasteiger charge is -2.35. The van der Waals surface area contributed by atoms with Crippen LogP contribution >= 0.6 is 31.0 Å². The summed E-state index contributed by atoms with van der Waals surface area (Å²) in [6.07, 6.45) is 4.18. The summed E-state index contributed by atoms with van der Waals surface area (Å²) < 4.78 is 35.6. The molecule has 10 nitrogen and oxygen atoms in total. The molecule has 250 valence electrons. The van der Waals surface area contributed by atoms with E-state index in [0.29, 0.717) is 23.5 Å². The maximum absolute atomic E-state index is 13.7. The summed E-state index contributed by atoms with van der Waals surface area (Å²) in [5.74, 6) is -2.86. The lowest BCUT2D eigenvalue weighted by molar-refractivity contribution is -0.364. The van der Waals surface area contributed by atoms with E-state index in [1.54, 1.807) is 24.4 Å². The quantitative estimate of drug-likeness (QED) is 0.0796. The number of hydrogen-bond donors (Lipinski definition) is 3. The Morgan fingerprint density at radius 1 is 0.935 bits per heavy atom. The van der Waals surface area contributed by atoms with E-state index in [9.17, 15) is 19.1 Å². The fourth-order valence-corrected chi connectivity index (χ4v) is 6.40. The van der Waals surface area contributed by atoms with Gasteiger partial charge in [0.05, 0.1) is 29.6 Å². The second-order valence-electron chi connectivity index (χ2n) is 12.9. The maximum atomic E-state index is 13.7. The molecule has 46 heavy (non-hydrogen) atoms. The minimum absolute atomic E-state index is 0.0645. The van der Waals surface area contributed by atoms with Crippen LogP contribution in [0.15, 0.2) is 60.8 Å². The fourth-order valence-electron chi connectivity index (χ4n) is 3.95. The number of carbonyl (C=O) groups excluding carboxylic acids is 1. The van der Waals surface area contributed by atoms with E-state index in [2.05, 4.69) is 49.6 Å². The summed E-state index contributed by atoms with van der Waals surface area (Å²) in [4.78, 5) is 37.6. The predicted octanol–water partition coefficient (Wildman–Crippen LogP) is 9.10. The third-order valence-corrected chi connectivity index (χ3v) is 10.7. The van der Waals surface area contributed by atoms with Gasteiger partial charge in [-0.2, -0.15) is 0 Å². The Morgan fingerprint density at radius 3 is 2.11 bits per heavy atom. The molecule has 0 saturated heterocycles. The van der Waals surface area contributed by atoms with Gasteiger partial charge in [0.1, 0.15) is 5.56 Å². The van der Waals surface area contributed by atoms with Crippen LogP contribution in [-0.4, -0.2) is 50.2 Å². The topological polar surface area (TPSA) is 136 Å². The highest BCUT2D eigenvalue weighted by Crippen LogP contribution is 2.48. The Morgan fingerprint density at radius 2 is 1.54 bits per heavy atom. The van der Waals surface area contributed by atoms with Gasteiger partial charge in [-0.25, -0.2) is 9.36 Å². The number of benzene rings is 2. The zero-order chi connectivity index (χ0) is 34.2. The Labute approximate surface area is 282 Å². The molecule has 0 fully saturated rings. The molecule has 0 radical (unpaired) electrons. The highest BCUT2D eigenvalue weighted by atomic mass is 35.5. The van der Waals surface area contributed by atoms with E-state index < -0.39 is 41.8 Å². The first-order chi connectivity index (χ1) is 21.4. The van der Waals surface area contributed by atoms with Crippen LogP contribution in [0.2, 0.25) is 61.4 Å². The van der Waals surface area contributed by atoms with Crippen molar-refractivity contribution in [3.05, 3.63) is 87.7 Å². The van der Waals surface area contributed by atoms with Crippen molar-refractivity contribution in [2.45, 2.75) is 57.3 Å². The van der Waals surface area contributed by atoms with Gasteiger partial charge < -0.3 is 18.7 Å². The van der Waals surface area contributed by atoms with Gasteiger partial charge in [0.25, 0.3) is 0 Å². The largest absolute Gasteiger partial charge is 0.524 e. The Balaban J connectivity index is 2.10. The summed E-state index contributed by atoms with van der Waals surface area (Å²) in [6.45, 7) is 13.0. The molecule has 3 aromatic rings. The van der Waals surface area contributed by atoms with Crippen LogP contribution in [0, 0.1) is 0 Å². The number of phosphoric acid groups is 1. The number of rotatable bonds is 15. The minimum Gasteiger partial charge on any atom is -0.402 e. The summed E-state index contributed by atoms with van der Waals surface area (Å²) in [6, 6.07) is 16.7. The SMILES string of the molecule is C[Si](C)(C)CCOC(OCC[Si](C)(C)C)(OC(=O)Nc1cccnc1C=Cc1ccccc1)c1cc(Cl)cc(Cl)c1OP(=O)(O)O. The van der Waals surface area contributed by atoms with Gasteiger partial charge in [-0.1, -0.05) is 98.9 Å². The highest BCUT2D eigenvalue weighted by Gasteiger charge is 2.45. The van der Waals surface area contributed by atoms with Crippen LogP contribution in [0.5, 0.6) is 5.75 Å². The van der Waals surface area contributed by atoms with Gasteiger partial charge in [-0.15, -0.1) is 0 Å². The second kappa shape index (κ2) is 16.1. The normalized spacial score (nSPS) is 12.7. The van der Waals surface area contributed by atoms with Gasteiger partial charge in [-0.3, -0.25) is 20.1 Å². The van der Waals surface area contributed by atoms with Crippen molar-refractivity contribution in [2.75, 3.05) is 18.5 Å². The number of carbonyl (C=O) groups is 1. The monoisotopic (exact) mass is 726 g/mol. The van der Waals surface area contributed by atoms with Gasteiger partial charge in [0.15, 0.2) is 5.75 Å². The zero-order valence-corrected chi connectivity index (χ0v) is 31.2. The van der Waals surface area contributed by atoms with Gasteiger partial charge >= 0.3 is 19.9 Å². The van der Waals surface area contributed by atoms with Crippen molar-refractivity contribution in [1.82, 2.24) is 4.98 Å². The number of phosphoric ester groups is 1. The van der Waals surface area contributed by atoms with Crippen LogP contribution in [0.25, 0.3) is 12.2 Å². The molecule has 3 rings (SSSR count). The van der Waals surface area contributed by atoms with E-state index >= 15 is 0 Å². The van der Waals surface area contributed by atoms with Gasteiger partial charge in [-0.05, 0) is 48.0 Å². The van der Waals surface area contributed by atoms with Gasteiger partial charge in [0.2, 0.25) is 0 Å². The smallest absolute Gasteiger partial charge is 0.402 e. The maximum Gasteiger partial charge on any atom is 0.524 e. The number of nitrogens with one attached hydrogen (secondary N) is 1. The van der Waals surface area contributed by atoms with Crippen LogP contribution in [0.1, 0.15) is 16.8 Å². The molecule has 0 spiro atoms. The molecule has 15 heteroatoms. The molecule has 0 saturated carbocycles. The molecule has 1 amide bonds. The molecular formula is C31H41Cl2N2O8PSi2. The van der Waals surface area contributed by atoms with E-state index in [1.165, 1.54) is 12.1 Å². The molecule has 0 unspecified atom stereocenters. The standard InChI is InChI=1S/C31H41Cl2N2O8PSi2/c1-45(2,3)19-17-40-31(41-18-20-46(4,5)6,25-21-24(32)22-26(33)29(25)43-44(37,38)39)42-30(36)35-28-13-10-16-34-27(28)15-14-23-11-8-7-9-12-23/h7-16,21-22H,17-20H2,1-6H3,(H,35,36)(H2,37,38,39). The molecule has 0 aliphatic rings. The molecule has 2 aromatic carbocycles. The highest BCUT2D eigenvalue weighted by molar-refractivity contribution is 7.46. The number of nitrogens with zero attached hydrogens (tertiary/aromatic N) is 1. The van der Waals surface area contributed by atoms with Gasteiger partial charge in [0, 0.05) is 27.4 Å². The van der Waals surface area contributed by atoms with Crippen molar-refractivity contribution in [3.8, 4) is 5.75 Å². The molecule has 0 aliphatic heterocycles. The fraction of sp³-hybridized carbons (Fsp3) is 0.355. The molecule has 1 aromatic heterocycles. The molecule has 0 aliphatic carbocycles. The van der Waals surface area contributed by atoms with Crippen LogP contribution in [-0.2, 0) is 24.7 Å². The average Bonchev–Trinajstić information content (AvgIpc) is 2.92. The number of ether oxygens (including phenoxy) is 3. The number of hydrogen-bond acceptors (Lipinski definition) is 7. The Kier molecular flexibility index (Phi) is 13.2. The first-order valence-electron chi connectivity index (χ1n) is 14.6. The molecular weight excluding hydrogens is 686 g/mol. The molecule has 0 bridgehead atoms. The van der Waals surface area contributed by atoms with E-state index in [4.69, 9.17) is 41.9 Å². The summed E-state index contributed by atoms with van der Waals surface area (Å²) in [5.41, 5.74) is 1.49. The van der Waals surface area contributed by atoms with Crippen molar-refractivity contribution >= 4 is 71.1 Å². The average molecular weight is 728 g/mol. The first-order valence-corrected chi connectivity index (χ1v) is 24.3. The van der Waals surface area contributed by atoms with Crippen LogP contribution < -0.4 is 9.84 Å². The third kappa shape index (κ3) is 12.6. The zero-order valence-electron chi connectivity index (χ0n) is 26.8. The number of pyridine rings is 1. The Hall–Kier alpha value is -2.52. The van der Waals surface area contributed by atoms with Crippen molar-refractivity contribution < 1.29 is 37.9 Å². The first kappa shape index (κ1) is 37.9. The van der Waals surface area contributed by atoms with E-state index in [0.717, 1.165) is 5.56 Å². The van der Waals surface area contributed by atoms with Crippen LogP contribution in [0.4, 0.5) is 10.5 Å². The lowest BCUT2D eigenvalue weighted by Crippen LogP contribution is -2.42. The van der Waals surface area contributed by atoms with Crippen LogP contribution in [0.3, 0.4) is 0 Å². The Bertz CT molecular complexity index is 1540. The molecule has 3 N–H and O–H groups in total. The third-order valence-electron chi connectivity index (χ3n) is 6.37. The molecule has 1 heterocycles.